The molecule has 0 amide bonds. The van der Waals surface area contributed by atoms with Gasteiger partial charge in [0.25, 0.3) is 0 Å². The third kappa shape index (κ3) is 4.99. The molecule has 2 fully saturated rings. The van der Waals surface area contributed by atoms with Crippen LogP contribution in [0.25, 0.3) is 0 Å². The van der Waals surface area contributed by atoms with Gasteiger partial charge in [-0.1, -0.05) is 49.4 Å². The molecule has 0 aliphatic carbocycles. The fourth-order valence-electron chi connectivity index (χ4n) is 5.77. The minimum Gasteiger partial charge on any atom is -0.496 e. The quantitative estimate of drug-likeness (QED) is 0.551. The van der Waals surface area contributed by atoms with Crippen LogP contribution in [0.1, 0.15) is 81.0 Å². The lowest BCUT2D eigenvalue weighted by Gasteiger charge is -2.40. The van der Waals surface area contributed by atoms with Crippen LogP contribution in [0.15, 0.2) is 48.5 Å². The van der Waals surface area contributed by atoms with E-state index >= 15 is 0 Å². The van der Waals surface area contributed by atoms with Crippen LogP contribution >= 0.6 is 0 Å². The van der Waals surface area contributed by atoms with Crippen molar-refractivity contribution in [3.8, 4) is 5.75 Å². The van der Waals surface area contributed by atoms with E-state index in [1.807, 2.05) is 7.11 Å². The van der Waals surface area contributed by atoms with E-state index in [0.29, 0.717) is 23.9 Å². The summed E-state index contributed by atoms with van der Waals surface area (Å²) >= 11 is 0. The Bertz CT molecular complexity index is 834. The van der Waals surface area contributed by atoms with E-state index in [1.165, 1.54) is 48.9 Å². The third-order valence-corrected chi connectivity index (χ3v) is 7.63. The summed E-state index contributed by atoms with van der Waals surface area (Å²) < 4.78 is 5.94. The third-order valence-electron chi connectivity index (χ3n) is 7.63. The fraction of sp³-hybridized carbons (Fsp3) is 0.571. The molecule has 0 saturated carbocycles. The summed E-state index contributed by atoms with van der Waals surface area (Å²) in [5.41, 5.74) is 4.31. The van der Waals surface area contributed by atoms with Gasteiger partial charge in [0.1, 0.15) is 5.75 Å². The molecule has 3 atom stereocenters. The predicted molar refractivity (Wildman–Crippen MR) is 130 cm³/mol. The van der Waals surface area contributed by atoms with Crippen molar-refractivity contribution in [2.75, 3.05) is 33.3 Å². The van der Waals surface area contributed by atoms with Crippen molar-refractivity contribution in [3.63, 3.8) is 0 Å². The highest BCUT2D eigenvalue weighted by Crippen LogP contribution is 2.40. The van der Waals surface area contributed by atoms with Gasteiger partial charge in [0.15, 0.2) is 0 Å². The molecular formula is C28H40N2O. The number of hydrogen-bond acceptors (Lipinski definition) is 3. The lowest BCUT2D eigenvalue weighted by atomic mass is 9.83. The molecule has 2 aromatic rings. The first-order valence-electron chi connectivity index (χ1n) is 12.3. The Morgan fingerprint density at radius 1 is 0.935 bits per heavy atom. The van der Waals surface area contributed by atoms with E-state index in [9.17, 15) is 0 Å². The van der Waals surface area contributed by atoms with Gasteiger partial charge in [-0.2, -0.15) is 0 Å². The second kappa shape index (κ2) is 10.2. The number of hydrogen-bond donors (Lipinski definition) is 0. The molecular weight excluding hydrogens is 380 g/mol. The van der Waals surface area contributed by atoms with E-state index < -0.39 is 0 Å². The van der Waals surface area contributed by atoms with Gasteiger partial charge in [-0.25, -0.2) is 0 Å². The zero-order valence-corrected chi connectivity index (χ0v) is 19.9. The van der Waals surface area contributed by atoms with Gasteiger partial charge in [-0.3, -0.25) is 4.90 Å². The maximum absolute atomic E-state index is 5.94. The molecule has 0 N–H and O–H groups in total. The zero-order valence-electron chi connectivity index (χ0n) is 19.9. The molecule has 0 aromatic heterocycles. The van der Waals surface area contributed by atoms with E-state index in [4.69, 9.17) is 4.74 Å². The predicted octanol–water partition coefficient (Wildman–Crippen LogP) is 6.22. The minimum atomic E-state index is 0.549. The molecule has 4 rings (SSSR count). The van der Waals surface area contributed by atoms with Crippen LogP contribution in [-0.4, -0.2) is 49.1 Å². The minimum absolute atomic E-state index is 0.549. The van der Waals surface area contributed by atoms with Gasteiger partial charge >= 0.3 is 0 Å². The molecule has 3 nitrogen and oxygen atoms in total. The van der Waals surface area contributed by atoms with Crippen molar-refractivity contribution in [3.05, 3.63) is 65.2 Å². The average Bonchev–Trinajstić information content (AvgIpc) is 2.83. The lowest BCUT2D eigenvalue weighted by Crippen LogP contribution is -2.39. The Morgan fingerprint density at radius 2 is 1.74 bits per heavy atom. The fourth-order valence-corrected chi connectivity index (χ4v) is 5.77. The van der Waals surface area contributed by atoms with Crippen molar-refractivity contribution in [1.82, 2.24) is 9.80 Å². The van der Waals surface area contributed by atoms with Gasteiger partial charge in [0.05, 0.1) is 7.11 Å². The summed E-state index contributed by atoms with van der Waals surface area (Å²) in [6, 6.07) is 19.3. The smallest absolute Gasteiger partial charge is 0.122 e. The van der Waals surface area contributed by atoms with Crippen LogP contribution in [0.4, 0.5) is 0 Å². The summed E-state index contributed by atoms with van der Waals surface area (Å²) in [7, 11) is 1.84. The number of likely N-dealkylation sites (N-methyl/N-ethyl adjacent to an activating group) is 1. The lowest BCUT2D eigenvalue weighted by molar-refractivity contribution is 0.140. The highest BCUT2D eigenvalue weighted by molar-refractivity contribution is 5.42. The second-order valence-electron chi connectivity index (χ2n) is 9.72. The van der Waals surface area contributed by atoms with Crippen molar-refractivity contribution >= 4 is 0 Å². The second-order valence-corrected chi connectivity index (χ2v) is 9.72. The Hall–Kier alpha value is -1.84. The number of piperidine rings is 2. The SMILES string of the molecule is CCN1CC(c2ccc(C3CCCN(C(C)C)C3)c(OC)c2)CCC1c1ccccc1. The van der Waals surface area contributed by atoms with Crippen LogP contribution in [0.2, 0.25) is 0 Å². The molecule has 0 spiro atoms. The number of likely N-dealkylation sites (tertiary alicyclic amines) is 2. The molecule has 0 bridgehead atoms. The van der Waals surface area contributed by atoms with Gasteiger partial charge in [-0.05, 0) is 81.3 Å². The summed E-state index contributed by atoms with van der Waals surface area (Å²) in [6.07, 6.45) is 5.01. The Kier molecular flexibility index (Phi) is 7.35. The van der Waals surface area contributed by atoms with Gasteiger partial charge < -0.3 is 9.64 Å². The molecule has 2 saturated heterocycles. The molecule has 2 heterocycles. The van der Waals surface area contributed by atoms with Gasteiger partial charge in [0, 0.05) is 31.1 Å². The molecule has 2 aliphatic rings. The van der Waals surface area contributed by atoms with Crippen molar-refractivity contribution in [1.29, 1.82) is 0 Å². The molecule has 3 unspecified atom stereocenters. The maximum Gasteiger partial charge on any atom is 0.122 e. The normalized spacial score (nSPS) is 25.6. The molecule has 0 radical (unpaired) electrons. The van der Waals surface area contributed by atoms with Crippen molar-refractivity contribution in [2.45, 2.75) is 70.4 Å². The van der Waals surface area contributed by atoms with Crippen LogP contribution < -0.4 is 4.74 Å². The highest BCUT2D eigenvalue weighted by atomic mass is 16.5. The first kappa shape index (κ1) is 22.4. The summed E-state index contributed by atoms with van der Waals surface area (Å²) in [4.78, 5) is 5.27. The summed E-state index contributed by atoms with van der Waals surface area (Å²) in [5, 5.41) is 0. The standard InChI is InChI=1S/C28H40N2O/c1-5-29-19-24(14-16-27(29)22-10-7-6-8-11-22)23-13-15-26(28(18-23)31-4)25-12-9-17-30(20-25)21(2)3/h6-8,10-11,13,15,18,21,24-25,27H,5,9,12,14,16-17,19-20H2,1-4H3. The van der Waals surface area contributed by atoms with Gasteiger partial charge in [0.2, 0.25) is 0 Å². The van der Waals surface area contributed by atoms with Crippen molar-refractivity contribution < 1.29 is 4.74 Å². The zero-order chi connectivity index (χ0) is 21.8. The number of nitrogens with zero attached hydrogens (tertiary/aromatic N) is 2. The van der Waals surface area contributed by atoms with Crippen molar-refractivity contribution in [2.24, 2.45) is 0 Å². The molecule has 2 aromatic carbocycles. The van der Waals surface area contributed by atoms with Crippen LogP contribution in [-0.2, 0) is 0 Å². The number of methoxy groups -OCH3 is 1. The molecule has 2 aliphatic heterocycles. The van der Waals surface area contributed by atoms with Crippen LogP contribution in [0, 0.1) is 0 Å². The van der Waals surface area contributed by atoms with E-state index in [0.717, 1.165) is 25.4 Å². The van der Waals surface area contributed by atoms with Crippen LogP contribution in [0.3, 0.4) is 0 Å². The summed E-state index contributed by atoms with van der Waals surface area (Å²) in [6.45, 7) is 11.5. The molecule has 3 heteroatoms. The number of ether oxygens (including phenoxy) is 1. The molecule has 31 heavy (non-hydrogen) atoms. The Morgan fingerprint density at radius 3 is 2.45 bits per heavy atom. The van der Waals surface area contributed by atoms with Crippen LogP contribution in [0.5, 0.6) is 5.75 Å². The van der Waals surface area contributed by atoms with E-state index in [2.05, 4.69) is 79.1 Å². The topological polar surface area (TPSA) is 15.7 Å². The largest absolute Gasteiger partial charge is 0.496 e. The number of benzene rings is 2. The number of rotatable bonds is 6. The Labute approximate surface area is 189 Å². The summed E-state index contributed by atoms with van der Waals surface area (Å²) in [5.74, 6) is 2.27. The Balaban J connectivity index is 1.50. The maximum atomic E-state index is 5.94. The monoisotopic (exact) mass is 420 g/mol. The van der Waals surface area contributed by atoms with Gasteiger partial charge in [-0.15, -0.1) is 0 Å². The van der Waals surface area contributed by atoms with E-state index in [1.54, 1.807) is 0 Å². The first-order chi connectivity index (χ1) is 15.1. The highest BCUT2D eigenvalue weighted by Gasteiger charge is 2.30. The average molecular weight is 421 g/mol. The molecule has 168 valence electrons. The first-order valence-corrected chi connectivity index (χ1v) is 12.3. The van der Waals surface area contributed by atoms with E-state index in [-0.39, 0.29) is 0 Å².